The number of halogens is 1. The van der Waals surface area contributed by atoms with E-state index in [1.54, 1.807) is 19.1 Å². The maximum absolute atomic E-state index is 12.5. The van der Waals surface area contributed by atoms with Crippen molar-refractivity contribution in [2.75, 3.05) is 16.6 Å². The number of anilines is 2. The van der Waals surface area contributed by atoms with E-state index < -0.39 is 21.9 Å². The minimum atomic E-state index is -4.03. The largest absolute Gasteiger partial charge is 0.462 e. The molecule has 0 fully saturated rings. The molecule has 1 amide bonds. The highest BCUT2D eigenvalue weighted by atomic mass is 35.5. The molecule has 0 saturated heterocycles. The van der Waals surface area contributed by atoms with E-state index in [9.17, 15) is 18.0 Å². The van der Waals surface area contributed by atoms with E-state index >= 15 is 0 Å². The zero-order chi connectivity index (χ0) is 21.7. The van der Waals surface area contributed by atoms with Gasteiger partial charge in [-0.15, -0.1) is 10.2 Å². The molecular formula is C18H15ClN4O5S2. The molecule has 156 valence electrons. The van der Waals surface area contributed by atoms with Gasteiger partial charge < -0.3 is 4.74 Å². The molecule has 0 aliphatic carbocycles. The number of ether oxygens (including phenoxy) is 1. The van der Waals surface area contributed by atoms with Gasteiger partial charge in [0.2, 0.25) is 5.13 Å². The van der Waals surface area contributed by atoms with Crippen LogP contribution < -0.4 is 10.0 Å². The summed E-state index contributed by atoms with van der Waals surface area (Å²) >= 11 is 6.48. The minimum absolute atomic E-state index is 0.0213. The van der Waals surface area contributed by atoms with Gasteiger partial charge in [0.1, 0.15) is 0 Å². The first-order chi connectivity index (χ1) is 14.3. The Bertz CT molecular complexity index is 1160. The number of carbonyl (C=O) groups is 2. The van der Waals surface area contributed by atoms with Crippen LogP contribution in [0.15, 0.2) is 52.9 Å². The Morgan fingerprint density at radius 2 is 1.67 bits per heavy atom. The molecule has 30 heavy (non-hydrogen) atoms. The Labute approximate surface area is 181 Å². The average Bonchev–Trinajstić information content (AvgIpc) is 3.18. The second kappa shape index (κ2) is 9.20. The van der Waals surface area contributed by atoms with Gasteiger partial charge in [0, 0.05) is 16.3 Å². The number of nitrogens with zero attached hydrogens (tertiary/aromatic N) is 2. The summed E-state index contributed by atoms with van der Waals surface area (Å²) in [5.41, 5.74) is 0.853. The summed E-state index contributed by atoms with van der Waals surface area (Å²) < 4.78 is 31.9. The highest BCUT2D eigenvalue weighted by molar-refractivity contribution is 7.94. The number of benzene rings is 2. The Morgan fingerprint density at radius 3 is 2.30 bits per heavy atom. The lowest BCUT2D eigenvalue weighted by Crippen LogP contribution is -2.13. The second-order valence-electron chi connectivity index (χ2n) is 5.74. The summed E-state index contributed by atoms with van der Waals surface area (Å²) in [4.78, 5) is 23.8. The summed E-state index contributed by atoms with van der Waals surface area (Å²) in [7, 11) is -4.03. The molecule has 0 aliphatic rings. The quantitative estimate of drug-likeness (QED) is 0.403. The van der Waals surface area contributed by atoms with E-state index in [4.69, 9.17) is 16.3 Å². The normalized spacial score (nSPS) is 11.0. The fourth-order valence-electron chi connectivity index (χ4n) is 2.23. The first-order valence-electron chi connectivity index (χ1n) is 8.49. The van der Waals surface area contributed by atoms with Crippen LogP contribution in [-0.2, 0) is 14.8 Å². The number of aromatic nitrogens is 2. The van der Waals surface area contributed by atoms with E-state index in [0.29, 0.717) is 27.5 Å². The van der Waals surface area contributed by atoms with Crippen molar-refractivity contribution in [3.8, 4) is 0 Å². The van der Waals surface area contributed by atoms with E-state index in [0.717, 1.165) is 0 Å². The Hall–Kier alpha value is -3.02. The molecule has 3 rings (SSSR count). The molecule has 3 aromatic rings. The highest BCUT2D eigenvalue weighted by Crippen LogP contribution is 2.23. The third-order valence-corrected chi connectivity index (χ3v) is 6.45. The van der Waals surface area contributed by atoms with Gasteiger partial charge >= 0.3 is 5.97 Å². The van der Waals surface area contributed by atoms with Crippen LogP contribution in [0.1, 0.15) is 27.6 Å². The van der Waals surface area contributed by atoms with Gasteiger partial charge in [0.25, 0.3) is 20.3 Å². The van der Waals surface area contributed by atoms with Crippen molar-refractivity contribution >= 4 is 55.7 Å². The van der Waals surface area contributed by atoms with Crippen molar-refractivity contribution < 1.29 is 22.7 Å². The number of esters is 1. The van der Waals surface area contributed by atoms with Gasteiger partial charge in [-0.3, -0.25) is 14.8 Å². The van der Waals surface area contributed by atoms with Gasteiger partial charge in [-0.05, 0) is 55.5 Å². The van der Waals surface area contributed by atoms with Crippen LogP contribution in [0.25, 0.3) is 0 Å². The molecule has 1 heterocycles. The molecule has 0 aliphatic heterocycles. The van der Waals surface area contributed by atoms with Gasteiger partial charge in [-0.1, -0.05) is 22.9 Å². The molecular weight excluding hydrogens is 452 g/mol. The highest BCUT2D eigenvalue weighted by Gasteiger charge is 2.21. The lowest BCUT2D eigenvalue weighted by atomic mass is 10.2. The zero-order valence-electron chi connectivity index (χ0n) is 15.5. The number of carbonyl (C=O) groups excluding carboxylic acids is 2. The maximum atomic E-state index is 12.5. The SMILES string of the molecule is CCOC(=O)c1ccc(NS(=O)(=O)c2nnc(NC(=O)c3ccc(Cl)cc3)s2)cc1. The summed E-state index contributed by atoms with van der Waals surface area (Å²) in [5, 5.41) is 10.3. The Balaban J connectivity index is 1.68. The standard InChI is InChI=1S/C18H15ClN4O5S2/c1-2-28-16(25)12-5-9-14(10-6-12)23-30(26,27)18-22-21-17(29-18)20-15(24)11-3-7-13(19)8-4-11/h3-10,23H,2H2,1H3,(H,20,21,24). The topological polar surface area (TPSA) is 127 Å². The monoisotopic (exact) mass is 466 g/mol. The number of sulfonamides is 1. The smallest absolute Gasteiger partial charge is 0.338 e. The van der Waals surface area contributed by atoms with Gasteiger partial charge in [0.15, 0.2) is 0 Å². The molecule has 0 bridgehead atoms. The molecule has 0 radical (unpaired) electrons. The van der Waals surface area contributed by atoms with E-state index in [-0.39, 0.29) is 21.8 Å². The van der Waals surface area contributed by atoms with Gasteiger partial charge in [0.05, 0.1) is 12.2 Å². The molecule has 1 aromatic heterocycles. The van der Waals surface area contributed by atoms with Crippen LogP contribution >= 0.6 is 22.9 Å². The van der Waals surface area contributed by atoms with E-state index in [1.807, 2.05) is 0 Å². The first-order valence-corrected chi connectivity index (χ1v) is 11.2. The summed E-state index contributed by atoms with van der Waals surface area (Å²) in [6.45, 7) is 1.93. The van der Waals surface area contributed by atoms with Crippen LogP contribution in [0.5, 0.6) is 0 Å². The fraction of sp³-hybridized carbons (Fsp3) is 0.111. The molecule has 0 unspecified atom stereocenters. The van der Waals surface area contributed by atoms with E-state index in [1.165, 1.54) is 36.4 Å². The van der Waals surface area contributed by atoms with Crippen LogP contribution in [0, 0.1) is 0 Å². The second-order valence-corrected chi connectivity index (χ2v) is 9.01. The van der Waals surface area contributed by atoms with Crippen molar-refractivity contribution in [1.82, 2.24) is 10.2 Å². The predicted molar refractivity (Wildman–Crippen MR) is 113 cm³/mol. The molecule has 0 spiro atoms. The predicted octanol–water partition coefficient (Wildman–Crippen LogP) is 3.42. The van der Waals surface area contributed by atoms with Crippen LogP contribution in [0.2, 0.25) is 5.02 Å². The molecule has 0 saturated carbocycles. The lowest BCUT2D eigenvalue weighted by molar-refractivity contribution is 0.0526. The van der Waals surface area contributed by atoms with Crippen molar-refractivity contribution in [2.24, 2.45) is 0 Å². The maximum Gasteiger partial charge on any atom is 0.338 e. The molecule has 9 nitrogen and oxygen atoms in total. The van der Waals surface area contributed by atoms with Gasteiger partial charge in [-0.2, -0.15) is 8.42 Å². The van der Waals surface area contributed by atoms with Crippen LogP contribution in [0.4, 0.5) is 10.8 Å². The molecule has 12 heteroatoms. The van der Waals surface area contributed by atoms with Crippen molar-refractivity contribution in [3.05, 3.63) is 64.7 Å². The summed E-state index contributed by atoms with van der Waals surface area (Å²) in [6, 6.07) is 11.9. The third-order valence-electron chi connectivity index (χ3n) is 3.61. The molecule has 0 atom stereocenters. The van der Waals surface area contributed by atoms with Crippen molar-refractivity contribution in [2.45, 2.75) is 11.3 Å². The Kier molecular flexibility index (Phi) is 6.65. The number of nitrogens with one attached hydrogen (secondary N) is 2. The Morgan fingerprint density at radius 1 is 1.03 bits per heavy atom. The summed E-state index contributed by atoms with van der Waals surface area (Å²) in [6.07, 6.45) is 0. The number of rotatable bonds is 7. The van der Waals surface area contributed by atoms with Gasteiger partial charge in [-0.25, -0.2) is 4.79 Å². The number of hydrogen-bond acceptors (Lipinski definition) is 8. The van der Waals surface area contributed by atoms with Crippen LogP contribution in [-0.4, -0.2) is 37.1 Å². The van der Waals surface area contributed by atoms with Crippen molar-refractivity contribution in [1.29, 1.82) is 0 Å². The average molecular weight is 467 g/mol. The first kappa shape index (κ1) is 21.7. The minimum Gasteiger partial charge on any atom is -0.462 e. The zero-order valence-corrected chi connectivity index (χ0v) is 17.8. The number of amides is 1. The third kappa shape index (κ3) is 5.32. The van der Waals surface area contributed by atoms with Crippen molar-refractivity contribution in [3.63, 3.8) is 0 Å². The fourth-order valence-corrected chi connectivity index (χ4v) is 4.31. The van der Waals surface area contributed by atoms with Crippen LogP contribution in [0.3, 0.4) is 0 Å². The summed E-state index contributed by atoms with van der Waals surface area (Å²) in [5.74, 6) is -0.980. The molecule has 2 N–H and O–H groups in total. The van der Waals surface area contributed by atoms with E-state index in [2.05, 4.69) is 20.2 Å². The number of hydrogen-bond donors (Lipinski definition) is 2. The molecule has 2 aromatic carbocycles. The lowest BCUT2D eigenvalue weighted by Gasteiger charge is -2.06.